The molecule has 1 aromatic heterocycles. The van der Waals surface area contributed by atoms with Crippen LogP contribution >= 0.6 is 22.9 Å². The molecule has 4 rings (SSSR count). The summed E-state index contributed by atoms with van der Waals surface area (Å²) in [7, 11) is 0. The predicted octanol–water partition coefficient (Wildman–Crippen LogP) is 4.29. The van der Waals surface area contributed by atoms with Crippen LogP contribution in [0.4, 0.5) is 5.13 Å². The van der Waals surface area contributed by atoms with Gasteiger partial charge in [0.05, 0.1) is 10.2 Å². The Morgan fingerprint density at radius 2 is 1.89 bits per heavy atom. The number of carboxylic acid groups (broad SMARTS) is 1. The van der Waals surface area contributed by atoms with E-state index in [1.165, 1.54) is 5.56 Å². The second kappa shape index (κ2) is 8.47. The maximum atomic E-state index is 10.8. The van der Waals surface area contributed by atoms with E-state index in [9.17, 15) is 4.79 Å². The third kappa shape index (κ3) is 4.63. The Kier molecular flexibility index (Phi) is 5.80. The van der Waals surface area contributed by atoms with Crippen molar-refractivity contribution in [2.24, 2.45) is 0 Å². The predicted molar refractivity (Wildman–Crippen MR) is 115 cm³/mol. The number of anilines is 1. The quantitative estimate of drug-likeness (QED) is 0.650. The summed E-state index contributed by atoms with van der Waals surface area (Å²) in [6.45, 7) is 4.76. The highest BCUT2D eigenvalue weighted by Crippen LogP contribution is 2.31. The Morgan fingerprint density at radius 3 is 2.68 bits per heavy atom. The number of aryl methyl sites for hydroxylation is 1. The molecule has 1 aliphatic rings. The molecule has 146 valence electrons. The van der Waals surface area contributed by atoms with Crippen LogP contribution in [0.25, 0.3) is 10.2 Å². The van der Waals surface area contributed by atoms with Gasteiger partial charge in [-0.3, -0.25) is 9.69 Å². The number of nitrogens with zero attached hydrogens (tertiary/aromatic N) is 3. The maximum Gasteiger partial charge on any atom is 0.303 e. The minimum absolute atomic E-state index is 0.176. The summed E-state index contributed by atoms with van der Waals surface area (Å²) < 4.78 is 1.13. The molecule has 1 fully saturated rings. The average molecular weight is 416 g/mol. The van der Waals surface area contributed by atoms with Crippen molar-refractivity contribution in [1.82, 2.24) is 9.88 Å². The summed E-state index contributed by atoms with van der Waals surface area (Å²) >= 11 is 7.78. The summed E-state index contributed by atoms with van der Waals surface area (Å²) in [5.41, 5.74) is 3.34. The summed E-state index contributed by atoms with van der Waals surface area (Å²) in [4.78, 5) is 20.3. The molecule has 0 unspecified atom stereocenters. The zero-order valence-corrected chi connectivity index (χ0v) is 17.0. The Bertz CT molecular complexity index is 983. The molecule has 28 heavy (non-hydrogen) atoms. The molecule has 1 N–H and O–H groups in total. The van der Waals surface area contributed by atoms with E-state index in [0.717, 1.165) is 58.7 Å². The molecule has 1 aliphatic heterocycles. The van der Waals surface area contributed by atoms with Gasteiger partial charge in [-0.15, -0.1) is 0 Å². The van der Waals surface area contributed by atoms with Crippen molar-refractivity contribution in [3.8, 4) is 0 Å². The van der Waals surface area contributed by atoms with E-state index in [4.69, 9.17) is 21.7 Å². The van der Waals surface area contributed by atoms with Crippen LogP contribution < -0.4 is 4.90 Å². The lowest BCUT2D eigenvalue weighted by atomic mass is 10.1. The molecule has 0 bridgehead atoms. The molecule has 0 amide bonds. The van der Waals surface area contributed by atoms with E-state index in [-0.39, 0.29) is 6.42 Å². The highest BCUT2D eigenvalue weighted by molar-refractivity contribution is 7.22. The highest BCUT2D eigenvalue weighted by Gasteiger charge is 2.20. The number of halogens is 1. The number of aliphatic carboxylic acids is 1. The van der Waals surface area contributed by atoms with E-state index in [2.05, 4.69) is 21.9 Å². The summed E-state index contributed by atoms with van der Waals surface area (Å²) in [6.07, 6.45) is 0.758. The van der Waals surface area contributed by atoms with Gasteiger partial charge in [0, 0.05) is 44.2 Å². The first-order valence-electron chi connectivity index (χ1n) is 9.40. The first-order chi connectivity index (χ1) is 13.6. The van der Waals surface area contributed by atoms with Crippen LogP contribution in [-0.2, 0) is 17.8 Å². The van der Waals surface area contributed by atoms with Crippen LogP contribution in [0.2, 0.25) is 5.02 Å². The van der Waals surface area contributed by atoms with Gasteiger partial charge in [-0.05, 0) is 35.7 Å². The topological polar surface area (TPSA) is 56.7 Å². The molecule has 0 atom stereocenters. The molecular formula is C21H22ClN3O2S. The number of hydrogen-bond donors (Lipinski definition) is 1. The molecule has 2 aromatic carbocycles. The Morgan fingerprint density at radius 1 is 1.11 bits per heavy atom. The Labute approximate surface area is 173 Å². The fourth-order valence-electron chi connectivity index (χ4n) is 3.51. The number of thiazole rings is 1. The molecule has 1 saturated heterocycles. The molecule has 7 heteroatoms. The maximum absolute atomic E-state index is 10.8. The third-order valence-electron chi connectivity index (χ3n) is 5.01. The largest absolute Gasteiger partial charge is 0.481 e. The first kappa shape index (κ1) is 19.2. The number of benzene rings is 2. The van der Waals surface area contributed by atoms with Gasteiger partial charge < -0.3 is 10.0 Å². The van der Waals surface area contributed by atoms with E-state index in [1.54, 1.807) is 11.3 Å². The van der Waals surface area contributed by atoms with Gasteiger partial charge in [-0.2, -0.15) is 0 Å². The van der Waals surface area contributed by atoms with Crippen molar-refractivity contribution in [2.45, 2.75) is 19.4 Å². The number of hydrogen-bond acceptors (Lipinski definition) is 5. The van der Waals surface area contributed by atoms with Gasteiger partial charge in [-0.25, -0.2) is 4.98 Å². The number of aromatic nitrogens is 1. The lowest BCUT2D eigenvalue weighted by Crippen LogP contribution is -2.45. The van der Waals surface area contributed by atoms with E-state index < -0.39 is 5.97 Å². The van der Waals surface area contributed by atoms with Gasteiger partial charge in [0.2, 0.25) is 0 Å². The van der Waals surface area contributed by atoms with Crippen LogP contribution in [-0.4, -0.2) is 47.1 Å². The molecule has 0 radical (unpaired) electrons. The fourth-order valence-corrected chi connectivity index (χ4v) is 4.81. The van der Waals surface area contributed by atoms with Crippen LogP contribution in [0.3, 0.4) is 0 Å². The Hall–Kier alpha value is -2.15. The summed E-state index contributed by atoms with van der Waals surface area (Å²) in [5.74, 6) is -0.751. The standard InChI is InChI=1S/C21H22ClN3O2S/c22-17-5-6-18-19(13-17)28-21(23-18)25-10-8-24(9-11-25)14-16-3-1-2-15(12-16)4-7-20(26)27/h1-3,5-6,12-13H,4,7-11,14H2,(H,26,27). The smallest absolute Gasteiger partial charge is 0.303 e. The first-order valence-corrected chi connectivity index (χ1v) is 10.6. The average Bonchev–Trinajstić information content (AvgIpc) is 3.10. The van der Waals surface area contributed by atoms with Crippen molar-refractivity contribution < 1.29 is 9.90 Å². The van der Waals surface area contributed by atoms with Gasteiger partial charge in [-0.1, -0.05) is 47.2 Å². The molecule has 0 saturated carbocycles. The van der Waals surface area contributed by atoms with E-state index in [0.29, 0.717) is 6.42 Å². The zero-order chi connectivity index (χ0) is 19.5. The number of piperazine rings is 1. The second-order valence-electron chi connectivity index (χ2n) is 7.09. The number of carboxylic acids is 1. The fraction of sp³-hybridized carbons (Fsp3) is 0.333. The van der Waals surface area contributed by atoms with Crippen LogP contribution in [0.1, 0.15) is 17.5 Å². The highest BCUT2D eigenvalue weighted by atomic mass is 35.5. The van der Waals surface area contributed by atoms with Crippen molar-refractivity contribution in [1.29, 1.82) is 0 Å². The molecule has 0 spiro atoms. The molecule has 2 heterocycles. The van der Waals surface area contributed by atoms with Gasteiger partial charge in [0.15, 0.2) is 5.13 Å². The van der Waals surface area contributed by atoms with Crippen LogP contribution in [0.5, 0.6) is 0 Å². The minimum Gasteiger partial charge on any atom is -0.481 e. The zero-order valence-electron chi connectivity index (χ0n) is 15.5. The van der Waals surface area contributed by atoms with Gasteiger partial charge in [0.25, 0.3) is 0 Å². The number of carbonyl (C=O) groups is 1. The van der Waals surface area contributed by atoms with Crippen molar-refractivity contribution in [3.05, 3.63) is 58.6 Å². The second-order valence-corrected chi connectivity index (χ2v) is 8.53. The van der Waals surface area contributed by atoms with Crippen molar-refractivity contribution >= 4 is 44.3 Å². The van der Waals surface area contributed by atoms with Crippen molar-refractivity contribution in [3.63, 3.8) is 0 Å². The van der Waals surface area contributed by atoms with E-state index >= 15 is 0 Å². The molecule has 3 aromatic rings. The number of rotatable bonds is 6. The third-order valence-corrected chi connectivity index (χ3v) is 6.32. The van der Waals surface area contributed by atoms with Gasteiger partial charge >= 0.3 is 5.97 Å². The van der Waals surface area contributed by atoms with E-state index in [1.807, 2.05) is 30.3 Å². The molecule has 5 nitrogen and oxygen atoms in total. The minimum atomic E-state index is -0.751. The number of fused-ring (bicyclic) bond motifs is 1. The Balaban J connectivity index is 1.35. The lowest BCUT2D eigenvalue weighted by molar-refractivity contribution is -0.136. The monoisotopic (exact) mass is 415 g/mol. The molecule has 0 aliphatic carbocycles. The summed E-state index contributed by atoms with van der Waals surface area (Å²) in [6, 6.07) is 14.1. The lowest BCUT2D eigenvalue weighted by Gasteiger charge is -2.34. The summed E-state index contributed by atoms with van der Waals surface area (Å²) in [5, 5.41) is 10.7. The normalized spacial score (nSPS) is 15.2. The molecular weight excluding hydrogens is 394 g/mol. The van der Waals surface area contributed by atoms with Crippen LogP contribution in [0, 0.1) is 0 Å². The van der Waals surface area contributed by atoms with Crippen LogP contribution in [0.15, 0.2) is 42.5 Å². The SMILES string of the molecule is O=C(O)CCc1cccc(CN2CCN(c3nc4ccc(Cl)cc4s3)CC2)c1. The van der Waals surface area contributed by atoms with Gasteiger partial charge in [0.1, 0.15) is 0 Å². The van der Waals surface area contributed by atoms with Crippen molar-refractivity contribution in [2.75, 3.05) is 31.1 Å².